The number of amides is 2. The molecule has 27 heavy (non-hydrogen) atoms. The Morgan fingerprint density at radius 1 is 1.26 bits per heavy atom. The minimum absolute atomic E-state index is 0.128. The zero-order valence-electron chi connectivity index (χ0n) is 15.3. The van der Waals surface area contributed by atoms with E-state index in [2.05, 4.69) is 20.9 Å². The number of nitrogens with one attached hydrogen (secondary N) is 2. The largest absolute Gasteiger partial charge is 0.465 e. The van der Waals surface area contributed by atoms with Crippen molar-refractivity contribution in [3.05, 3.63) is 18.2 Å². The van der Waals surface area contributed by atoms with Crippen molar-refractivity contribution < 1.29 is 22.7 Å². The first-order valence-corrected chi connectivity index (χ1v) is 9.62. The molecule has 0 aliphatic heterocycles. The summed E-state index contributed by atoms with van der Waals surface area (Å²) < 4.78 is 31.7. The van der Waals surface area contributed by atoms with E-state index in [1.807, 2.05) is 0 Å². The first-order valence-electron chi connectivity index (χ1n) is 8.18. The highest BCUT2D eigenvalue weighted by Crippen LogP contribution is 2.19. The Kier molecular flexibility index (Phi) is 6.69. The van der Waals surface area contributed by atoms with Gasteiger partial charge >= 0.3 is 12.0 Å². The lowest BCUT2D eigenvalue weighted by Gasteiger charge is -2.11. The molecular weight excluding hydrogens is 376 g/mol. The number of carbonyl (C=O) groups excluding carboxylic acids is 2. The van der Waals surface area contributed by atoms with Crippen LogP contribution in [-0.4, -0.2) is 73.5 Å². The summed E-state index contributed by atoms with van der Waals surface area (Å²) in [5.41, 5.74) is 1.08. The van der Waals surface area contributed by atoms with Crippen molar-refractivity contribution in [1.29, 1.82) is 0 Å². The molecule has 0 atom stereocenters. The van der Waals surface area contributed by atoms with E-state index < -0.39 is 22.0 Å². The highest BCUT2D eigenvalue weighted by molar-refractivity contribution is 7.89. The maximum absolute atomic E-state index is 12.2. The fraction of sp³-hybridized carbons (Fsp3) is 0.467. The Labute approximate surface area is 156 Å². The van der Waals surface area contributed by atoms with E-state index in [-0.39, 0.29) is 24.6 Å². The predicted molar refractivity (Wildman–Crippen MR) is 96.4 cm³/mol. The van der Waals surface area contributed by atoms with E-state index in [9.17, 15) is 18.0 Å². The van der Waals surface area contributed by atoms with Gasteiger partial charge in [-0.15, -0.1) is 5.10 Å². The van der Waals surface area contributed by atoms with Gasteiger partial charge < -0.3 is 15.4 Å². The van der Waals surface area contributed by atoms with Crippen LogP contribution in [0.2, 0.25) is 0 Å². The number of aromatic nitrogens is 3. The van der Waals surface area contributed by atoms with Crippen LogP contribution >= 0.6 is 0 Å². The quantitative estimate of drug-likeness (QED) is 0.575. The second kappa shape index (κ2) is 8.77. The van der Waals surface area contributed by atoms with Crippen LogP contribution in [0.5, 0.6) is 0 Å². The van der Waals surface area contributed by atoms with Crippen molar-refractivity contribution in [3.63, 3.8) is 0 Å². The topological polar surface area (TPSA) is 136 Å². The van der Waals surface area contributed by atoms with Gasteiger partial charge in [-0.2, -0.15) is 0 Å². The summed E-state index contributed by atoms with van der Waals surface area (Å²) in [6.45, 7) is 2.28. The van der Waals surface area contributed by atoms with Crippen LogP contribution in [0.25, 0.3) is 11.0 Å². The number of benzene rings is 1. The monoisotopic (exact) mass is 398 g/mol. The maximum Gasteiger partial charge on any atom is 0.325 e. The van der Waals surface area contributed by atoms with Crippen LogP contribution in [0.1, 0.15) is 6.92 Å². The Balaban J connectivity index is 1.94. The summed E-state index contributed by atoms with van der Waals surface area (Å²) in [4.78, 5) is 22.9. The number of fused-ring (bicyclic) bond motifs is 1. The van der Waals surface area contributed by atoms with E-state index in [1.54, 1.807) is 17.7 Å². The summed E-state index contributed by atoms with van der Waals surface area (Å²) >= 11 is 0. The van der Waals surface area contributed by atoms with Crippen LogP contribution in [0, 0.1) is 0 Å². The molecule has 12 heteroatoms. The average molecular weight is 398 g/mol. The third kappa shape index (κ3) is 5.14. The van der Waals surface area contributed by atoms with Crippen molar-refractivity contribution in [2.75, 3.05) is 33.8 Å². The summed E-state index contributed by atoms with van der Waals surface area (Å²) in [7, 11) is -0.645. The van der Waals surface area contributed by atoms with E-state index in [0.29, 0.717) is 17.6 Å². The average Bonchev–Trinajstić information content (AvgIpc) is 3.02. The number of carbonyl (C=O) groups is 2. The third-order valence-electron chi connectivity index (χ3n) is 3.57. The molecule has 2 aromatic rings. The van der Waals surface area contributed by atoms with Crippen molar-refractivity contribution in [3.8, 4) is 0 Å². The smallest absolute Gasteiger partial charge is 0.325 e. The van der Waals surface area contributed by atoms with Gasteiger partial charge in [-0.1, -0.05) is 5.21 Å². The lowest BCUT2D eigenvalue weighted by molar-refractivity contribution is -0.141. The number of urea groups is 1. The van der Waals surface area contributed by atoms with E-state index in [4.69, 9.17) is 4.74 Å². The summed E-state index contributed by atoms with van der Waals surface area (Å²) in [5.74, 6) is -0.515. The van der Waals surface area contributed by atoms with E-state index >= 15 is 0 Å². The van der Waals surface area contributed by atoms with Crippen molar-refractivity contribution in [2.45, 2.75) is 18.4 Å². The van der Waals surface area contributed by atoms with Crippen LogP contribution in [-0.2, 0) is 26.1 Å². The lowest BCUT2D eigenvalue weighted by Crippen LogP contribution is -2.40. The minimum Gasteiger partial charge on any atom is -0.465 e. The Morgan fingerprint density at radius 3 is 2.67 bits per heavy atom. The number of esters is 1. The SMILES string of the molecule is CCOC(=O)CNC(=O)NCCn1nnc2cc(S(=O)(=O)N(C)C)ccc21. The van der Waals surface area contributed by atoms with Gasteiger partial charge in [-0.25, -0.2) is 22.2 Å². The van der Waals surface area contributed by atoms with E-state index in [1.165, 1.54) is 26.2 Å². The fourth-order valence-corrected chi connectivity index (χ4v) is 3.11. The molecule has 2 N–H and O–H groups in total. The first-order chi connectivity index (χ1) is 12.8. The molecule has 1 heterocycles. The Bertz CT molecular complexity index is 924. The predicted octanol–water partition coefficient (Wildman–Crippen LogP) is -0.456. The van der Waals surface area contributed by atoms with Gasteiger partial charge in [-0.3, -0.25) is 4.79 Å². The van der Waals surface area contributed by atoms with E-state index in [0.717, 1.165) is 4.31 Å². The minimum atomic E-state index is -3.55. The molecule has 0 saturated carbocycles. The van der Waals surface area contributed by atoms with Gasteiger partial charge in [0, 0.05) is 20.6 Å². The highest BCUT2D eigenvalue weighted by atomic mass is 32.2. The van der Waals surface area contributed by atoms with Gasteiger partial charge in [0.2, 0.25) is 10.0 Å². The number of rotatable bonds is 8. The van der Waals surface area contributed by atoms with Gasteiger partial charge in [-0.05, 0) is 25.1 Å². The second-order valence-electron chi connectivity index (χ2n) is 5.67. The fourth-order valence-electron chi connectivity index (χ4n) is 2.19. The molecule has 0 radical (unpaired) electrons. The van der Waals surface area contributed by atoms with Gasteiger partial charge in [0.25, 0.3) is 0 Å². The van der Waals surface area contributed by atoms with Crippen molar-refractivity contribution in [1.82, 2.24) is 29.9 Å². The summed E-state index contributed by atoms with van der Waals surface area (Å²) in [5, 5.41) is 12.9. The Hall–Kier alpha value is -2.73. The first kappa shape index (κ1) is 20.6. The zero-order chi connectivity index (χ0) is 20.0. The molecule has 11 nitrogen and oxygen atoms in total. The van der Waals surface area contributed by atoms with Gasteiger partial charge in [0.1, 0.15) is 12.1 Å². The number of hydrogen-bond acceptors (Lipinski definition) is 7. The second-order valence-corrected chi connectivity index (χ2v) is 7.82. The number of ether oxygens (including phenoxy) is 1. The van der Waals surface area contributed by atoms with Crippen LogP contribution in [0.4, 0.5) is 4.79 Å². The summed E-state index contributed by atoms with van der Waals surface area (Å²) in [6, 6.07) is 4.05. The highest BCUT2D eigenvalue weighted by Gasteiger charge is 2.18. The molecule has 0 unspecified atom stereocenters. The lowest BCUT2D eigenvalue weighted by atomic mass is 10.3. The maximum atomic E-state index is 12.2. The van der Waals surface area contributed by atoms with Crippen LogP contribution < -0.4 is 10.6 Å². The van der Waals surface area contributed by atoms with Crippen LogP contribution in [0.3, 0.4) is 0 Å². The molecule has 2 amide bonds. The molecular formula is C15H22N6O5S. The molecule has 2 rings (SSSR count). The number of sulfonamides is 1. The molecule has 0 spiro atoms. The number of nitrogens with zero attached hydrogens (tertiary/aromatic N) is 4. The Morgan fingerprint density at radius 2 is 2.00 bits per heavy atom. The molecule has 0 aliphatic carbocycles. The van der Waals surface area contributed by atoms with Gasteiger partial charge in [0.15, 0.2) is 0 Å². The molecule has 0 saturated heterocycles. The number of hydrogen-bond donors (Lipinski definition) is 2. The standard InChI is InChI=1S/C15H22N6O5S/c1-4-26-14(22)10-17-15(23)16-7-8-21-13-6-5-11(9-12(13)18-19-21)27(24,25)20(2)3/h5-6,9H,4,7-8,10H2,1-3H3,(H2,16,17,23). The zero-order valence-corrected chi connectivity index (χ0v) is 16.1. The summed E-state index contributed by atoms with van der Waals surface area (Å²) in [6.07, 6.45) is 0. The van der Waals surface area contributed by atoms with Crippen molar-refractivity contribution in [2.24, 2.45) is 0 Å². The molecule has 0 aliphatic rings. The molecule has 1 aromatic heterocycles. The molecule has 0 bridgehead atoms. The van der Waals surface area contributed by atoms with Gasteiger partial charge in [0.05, 0.1) is 23.6 Å². The third-order valence-corrected chi connectivity index (χ3v) is 5.38. The van der Waals surface area contributed by atoms with Crippen LogP contribution in [0.15, 0.2) is 23.1 Å². The van der Waals surface area contributed by atoms with Crippen molar-refractivity contribution >= 4 is 33.1 Å². The molecule has 0 fully saturated rings. The molecule has 148 valence electrons. The molecule has 1 aromatic carbocycles. The normalized spacial score (nSPS) is 11.6.